The number of fused-ring (bicyclic) bond motifs is 1. The molecule has 0 bridgehead atoms. The van der Waals surface area contributed by atoms with Gasteiger partial charge in [0.1, 0.15) is 17.0 Å². The second-order valence-corrected chi connectivity index (χ2v) is 7.69. The van der Waals surface area contributed by atoms with Crippen LogP contribution in [0.3, 0.4) is 0 Å². The number of anilines is 1. The van der Waals surface area contributed by atoms with Gasteiger partial charge < -0.3 is 14.4 Å². The first-order valence-electron chi connectivity index (χ1n) is 9.87. The Labute approximate surface area is 179 Å². The van der Waals surface area contributed by atoms with Crippen LogP contribution >= 0.6 is 11.6 Å². The Kier molecular flexibility index (Phi) is 6.36. The molecule has 1 atom stereocenters. The van der Waals surface area contributed by atoms with E-state index in [1.807, 2.05) is 6.92 Å². The van der Waals surface area contributed by atoms with Gasteiger partial charge >= 0.3 is 0 Å². The number of aryl methyl sites for hydroxylation is 1. The molecule has 0 spiro atoms. The Bertz CT molecular complexity index is 1050. The fourth-order valence-corrected chi connectivity index (χ4v) is 3.68. The minimum absolute atomic E-state index is 0.0625. The van der Waals surface area contributed by atoms with Crippen LogP contribution in [0.5, 0.6) is 0 Å². The van der Waals surface area contributed by atoms with Gasteiger partial charge in [0.2, 0.25) is 5.95 Å². The summed E-state index contributed by atoms with van der Waals surface area (Å²) in [4.78, 5) is 20.3. The largest absolute Gasteiger partial charge is 0.385 e. The van der Waals surface area contributed by atoms with Gasteiger partial charge in [0.05, 0.1) is 18.4 Å². The highest BCUT2D eigenvalue weighted by molar-refractivity contribution is 6.30. The van der Waals surface area contributed by atoms with E-state index < -0.39 is 5.82 Å². The molecule has 3 heterocycles. The van der Waals surface area contributed by atoms with Crippen LogP contribution in [-0.4, -0.2) is 59.5 Å². The molecular formula is C21H23ClFN5O2. The first-order valence-corrected chi connectivity index (χ1v) is 10.2. The van der Waals surface area contributed by atoms with Gasteiger partial charge in [-0.05, 0) is 38.0 Å². The molecule has 4 rings (SSSR count). The Balaban J connectivity index is 1.73. The molecule has 1 aromatic carbocycles. The third-order valence-electron chi connectivity index (χ3n) is 5.00. The smallest absolute Gasteiger partial charge is 0.228 e. The number of nitrogens with zero attached hydrogens (tertiary/aromatic N) is 5. The van der Waals surface area contributed by atoms with Crippen molar-refractivity contribution in [3.63, 3.8) is 0 Å². The normalized spacial score (nSPS) is 16.9. The molecule has 0 amide bonds. The van der Waals surface area contributed by atoms with E-state index in [4.69, 9.17) is 26.1 Å². The molecule has 158 valence electrons. The maximum Gasteiger partial charge on any atom is 0.228 e. The summed E-state index contributed by atoms with van der Waals surface area (Å²) in [7, 11) is 1.69. The van der Waals surface area contributed by atoms with Crippen molar-refractivity contribution in [2.45, 2.75) is 25.9 Å². The van der Waals surface area contributed by atoms with Crippen molar-refractivity contribution in [2.75, 3.05) is 38.3 Å². The van der Waals surface area contributed by atoms with Crippen LogP contribution < -0.4 is 4.90 Å². The second kappa shape index (κ2) is 9.16. The summed E-state index contributed by atoms with van der Waals surface area (Å²) in [6.07, 6.45) is 3.49. The molecule has 0 N–H and O–H groups in total. The molecule has 9 heteroatoms. The number of benzene rings is 1. The van der Waals surface area contributed by atoms with Gasteiger partial charge in [-0.15, -0.1) is 0 Å². The van der Waals surface area contributed by atoms with Crippen molar-refractivity contribution in [2.24, 2.45) is 0 Å². The molecule has 0 unspecified atom stereocenters. The van der Waals surface area contributed by atoms with Gasteiger partial charge in [-0.3, -0.25) is 0 Å². The Morgan fingerprint density at radius 1 is 1.30 bits per heavy atom. The van der Waals surface area contributed by atoms with Crippen LogP contribution in [0, 0.1) is 12.7 Å². The molecule has 2 aromatic heterocycles. The maximum absolute atomic E-state index is 14.7. The zero-order chi connectivity index (χ0) is 21.1. The Morgan fingerprint density at radius 2 is 2.17 bits per heavy atom. The van der Waals surface area contributed by atoms with Gasteiger partial charge in [0.25, 0.3) is 0 Å². The molecule has 0 radical (unpaired) electrons. The SMILES string of the molecule is COCCC[C@H]1CN(c2nc(-c3ccc(Cl)cc3F)c3ncc(C)nc3n2)CCO1. The van der Waals surface area contributed by atoms with Crippen molar-refractivity contribution in [3.05, 3.63) is 40.9 Å². The van der Waals surface area contributed by atoms with Crippen LogP contribution in [0.1, 0.15) is 18.5 Å². The van der Waals surface area contributed by atoms with Crippen LogP contribution in [0.2, 0.25) is 5.02 Å². The number of halogens is 2. The average Bonchev–Trinajstić information content (AvgIpc) is 2.73. The van der Waals surface area contributed by atoms with E-state index in [0.29, 0.717) is 59.7 Å². The van der Waals surface area contributed by atoms with Crippen molar-refractivity contribution < 1.29 is 13.9 Å². The van der Waals surface area contributed by atoms with Crippen molar-refractivity contribution in [1.82, 2.24) is 19.9 Å². The van der Waals surface area contributed by atoms with Gasteiger partial charge in [0, 0.05) is 43.6 Å². The quantitative estimate of drug-likeness (QED) is 0.549. The van der Waals surface area contributed by atoms with Crippen LogP contribution in [-0.2, 0) is 9.47 Å². The number of methoxy groups -OCH3 is 1. The molecule has 1 aliphatic rings. The van der Waals surface area contributed by atoms with E-state index in [0.717, 1.165) is 18.5 Å². The number of hydrogen-bond acceptors (Lipinski definition) is 7. The van der Waals surface area contributed by atoms with E-state index in [9.17, 15) is 4.39 Å². The first-order chi connectivity index (χ1) is 14.5. The minimum Gasteiger partial charge on any atom is -0.385 e. The van der Waals surface area contributed by atoms with E-state index in [1.54, 1.807) is 25.4 Å². The highest BCUT2D eigenvalue weighted by atomic mass is 35.5. The lowest BCUT2D eigenvalue weighted by atomic mass is 10.1. The lowest BCUT2D eigenvalue weighted by molar-refractivity contribution is 0.0288. The standard InChI is InChI=1S/C21H23ClFN5O2/c1-13-11-24-19-18(16-6-5-14(22)10-17(16)23)26-21(27-20(19)25-13)28-7-9-30-15(12-28)4-3-8-29-2/h5-6,10-11,15H,3-4,7-9,12H2,1-2H3/t15-/m0/s1. The summed E-state index contributed by atoms with van der Waals surface area (Å²) in [6.45, 7) is 4.41. The molecule has 0 saturated carbocycles. The molecular weight excluding hydrogens is 409 g/mol. The lowest BCUT2D eigenvalue weighted by Gasteiger charge is -2.33. The summed E-state index contributed by atoms with van der Waals surface area (Å²) in [5.41, 5.74) is 2.34. The number of rotatable bonds is 6. The third-order valence-corrected chi connectivity index (χ3v) is 5.23. The molecule has 3 aromatic rings. The molecule has 0 aliphatic carbocycles. The van der Waals surface area contributed by atoms with E-state index in [-0.39, 0.29) is 6.10 Å². The fourth-order valence-electron chi connectivity index (χ4n) is 3.52. The van der Waals surface area contributed by atoms with Gasteiger partial charge in [-0.1, -0.05) is 11.6 Å². The van der Waals surface area contributed by atoms with E-state index in [2.05, 4.69) is 19.9 Å². The van der Waals surface area contributed by atoms with E-state index in [1.165, 1.54) is 6.07 Å². The topological polar surface area (TPSA) is 73.3 Å². The highest BCUT2D eigenvalue weighted by Crippen LogP contribution is 2.30. The van der Waals surface area contributed by atoms with Crippen LogP contribution in [0.25, 0.3) is 22.4 Å². The highest BCUT2D eigenvalue weighted by Gasteiger charge is 2.24. The zero-order valence-electron chi connectivity index (χ0n) is 16.9. The average molecular weight is 432 g/mol. The molecule has 30 heavy (non-hydrogen) atoms. The zero-order valence-corrected chi connectivity index (χ0v) is 17.7. The Hall–Kier alpha value is -2.42. The summed E-state index contributed by atoms with van der Waals surface area (Å²) in [5, 5.41) is 0.323. The summed E-state index contributed by atoms with van der Waals surface area (Å²) in [6, 6.07) is 4.51. The van der Waals surface area contributed by atoms with Gasteiger partial charge in [0.15, 0.2) is 5.65 Å². The monoisotopic (exact) mass is 431 g/mol. The number of morpholine rings is 1. The molecule has 1 saturated heterocycles. The fraction of sp³-hybridized carbons (Fsp3) is 0.429. The summed E-state index contributed by atoms with van der Waals surface area (Å²) >= 11 is 5.93. The van der Waals surface area contributed by atoms with Gasteiger partial charge in [-0.25, -0.2) is 19.3 Å². The predicted octanol–water partition coefficient (Wildman–Crippen LogP) is 3.82. The number of hydrogen-bond donors (Lipinski definition) is 0. The first kappa shape index (κ1) is 20.8. The minimum atomic E-state index is -0.463. The number of aromatic nitrogens is 4. The Morgan fingerprint density at radius 3 is 2.97 bits per heavy atom. The van der Waals surface area contributed by atoms with E-state index >= 15 is 0 Å². The summed E-state index contributed by atoms with van der Waals surface area (Å²) in [5.74, 6) is 0.0297. The predicted molar refractivity (Wildman–Crippen MR) is 113 cm³/mol. The maximum atomic E-state index is 14.7. The van der Waals surface area contributed by atoms with Crippen molar-refractivity contribution in [3.8, 4) is 11.3 Å². The van der Waals surface area contributed by atoms with Crippen LogP contribution in [0.4, 0.5) is 10.3 Å². The number of ether oxygens (including phenoxy) is 2. The molecule has 1 aliphatic heterocycles. The van der Waals surface area contributed by atoms with Gasteiger partial charge in [-0.2, -0.15) is 4.98 Å². The lowest BCUT2D eigenvalue weighted by Crippen LogP contribution is -2.43. The molecule has 1 fully saturated rings. The van der Waals surface area contributed by atoms with Crippen molar-refractivity contribution in [1.29, 1.82) is 0 Å². The van der Waals surface area contributed by atoms with Crippen LogP contribution in [0.15, 0.2) is 24.4 Å². The summed E-state index contributed by atoms with van der Waals surface area (Å²) < 4.78 is 25.7. The third kappa shape index (κ3) is 4.50. The molecule has 7 nitrogen and oxygen atoms in total. The second-order valence-electron chi connectivity index (χ2n) is 7.25. The van der Waals surface area contributed by atoms with Crippen molar-refractivity contribution >= 4 is 28.7 Å².